The number of rotatable bonds is 7. The standard InChI is InChI=1S/C37H55NO/c1-24(2)11-10-12-25(3)32-17-18-33-30-16-15-29-21-31-28(22-37(29,6)34(30)19-20-36(32,33)5)23-38(35(31)39)26(4)27-13-8-7-9-14-27/h7-9,13-14,24-26,29-30,32-34H,10-12,15-23H2,1-6H3/t25?,26?,29?,30?,32?,33?,34?,36-,37+/m0/s1. The van der Waals surface area contributed by atoms with Crippen LogP contribution in [0.15, 0.2) is 41.5 Å². The lowest BCUT2D eigenvalue weighted by Crippen LogP contribution is -2.53. The zero-order valence-corrected chi connectivity index (χ0v) is 25.8. The highest BCUT2D eigenvalue weighted by molar-refractivity contribution is 5.97. The van der Waals surface area contributed by atoms with Crippen LogP contribution in [0.1, 0.15) is 124 Å². The highest BCUT2D eigenvalue weighted by Gasteiger charge is 2.61. The SMILES string of the molecule is CC(C)CCCC(C)C1CCC2C3CCC4CC5=C(CN(C(C)c6ccccc6)C5=O)C[C@@]4(C)C3CC[C@@]12C. The van der Waals surface area contributed by atoms with Crippen molar-refractivity contribution in [2.45, 2.75) is 118 Å². The van der Waals surface area contributed by atoms with Crippen molar-refractivity contribution in [3.63, 3.8) is 0 Å². The van der Waals surface area contributed by atoms with E-state index < -0.39 is 0 Å². The predicted molar refractivity (Wildman–Crippen MR) is 162 cm³/mol. The summed E-state index contributed by atoms with van der Waals surface area (Å²) >= 11 is 0. The lowest BCUT2D eigenvalue weighted by Gasteiger charge is -2.60. The molecule has 214 valence electrons. The summed E-state index contributed by atoms with van der Waals surface area (Å²) in [6, 6.07) is 10.8. The molecule has 0 saturated heterocycles. The van der Waals surface area contributed by atoms with Crippen molar-refractivity contribution in [3.8, 4) is 0 Å². The quantitative estimate of drug-likeness (QED) is 0.344. The van der Waals surface area contributed by atoms with Crippen LogP contribution in [0, 0.1) is 52.3 Å². The molecule has 9 atom stereocenters. The van der Waals surface area contributed by atoms with Crippen LogP contribution in [0.2, 0.25) is 0 Å². The Balaban J connectivity index is 1.17. The van der Waals surface area contributed by atoms with Gasteiger partial charge in [0.1, 0.15) is 0 Å². The molecule has 1 amide bonds. The van der Waals surface area contributed by atoms with Gasteiger partial charge in [-0.2, -0.15) is 0 Å². The molecule has 3 fully saturated rings. The minimum Gasteiger partial charge on any atom is -0.328 e. The summed E-state index contributed by atoms with van der Waals surface area (Å²) in [4.78, 5) is 15.9. The highest BCUT2D eigenvalue weighted by Crippen LogP contribution is 2.69. The molecule has 1 aliphatic heterocycles. The Labute approximate surface area is 239 Å². The number of hydrogen-bond donors (Lipinski definition) is 0. The molecule has 0 bridgehead atoms. The van der Waals surface area contributed by atoms with E-state index in [0.717, 1.165) is 48.5 Å². The summed E-state index contributed by atoms with van der Waals surface area (Å²) in [6.07, 6.45) is 15.1. The highest BCUT2D eigenvalue weighted by atomic mass is 16.2. The molecule has 0 aromatic heterocycles. The van der Waals surface area contributed by atoms with Crippen molar-refractivity contribution in [1.82, 2.24) is 4.90 Å². The van der Waals surface area contributed by atoms with Gasteiger partial charge in [-0.25, -0.2) is 0 Å². The van der Waals surface area contributed by atoms with Crippen molar-refractivity contribution >= 4 is 5.91 Å². The largest absolute Gasteiger partial charge is 0.328 e. The van der Waals surface area contributed by atoms with Gasteiger partial charge in [0.15, 0.2) is 0 Å². The van der Waals surface area contributed by atoms with E-state index in [1.807, 2.05) is 0 Å². The van der Waals surface area contributed by atoms with E-state index in [1.165, 1.54) is 80.9 Å². The molecule has 1 heterocycles. The van der Waals surface area contributed by atoms with Crippen molar-refractivity contribution < 1.29 is 4.79 Å². The van der Waals surface area contributed by atoms with Gasteiger partial charge in [-0.1, -0.05) is 84.2 Å². The van der Waals surface area contributed by atoms with Crippen LogP contribution in [0.5, 0.6) is 0 Å². The Bertz CT molecular complexity index is 1090. The van der Waals surface area contributed by atoms with Gasteiger partial charge < -0.3 is 4.90 Å². The molecule has 7 unspecified atom stereocenters. The van der Waals surface area contributed by atoms with Crippen molar-refractivity contribution in [3.05, 3.63) is 47.0 Å². The molecule has 2 nitrogen and oxygen atoms in total. The summed E-state index contributed by atoms with van der Waals surface area (Å²) < 4.78 is 0. The summed E-state index contributed by atoms with van der Waals surface area (Å²) in [5.41, 5.74) is 4.91. The molecule has 3 saturated carbocycles. The molecule has 0 spiro atoms. The molecule has 5 aliphatic rings. The third-order valence-corrected chi connectivity index (χ3v) is 13.4. The van der Waals surface area contributed by atoms with Crippen LogP contribution in [-0.2, 0) is 4.79 Å². The monoisotopic (exact) mass is 529 g/mol. The second-order valence-electron chi connectivity index (χ2n) is 15.7. The van der Waals surface area contributed by atoms with E-state index in [-0.39, 0.29) is 6.04 Å². The fourth-order valence-corrected chi connectivity index (χ4v) is 11.2. The molecule has 1 aromatic carbocycles. The predicted octanol–water partition coefficient (Wildman–Crippen LogP) is 9.62. The molecular formula is C37H55NO. The minimum absolute atomic E-state index is 0.153. The Morgan fingerprint density at radius 2 is 1.64 bits per heavy atom. The van der Waals surface area contributed by atoms with Gasteiger partial charge in [0.2, 0.25) is 0 Å². The van der Waals surface area contributed by atoms with Crippen LogP contribution in [0.4, 0.5) is 0 Å². The number of hydrogen-bond acceptors (Lipinski definition) is 1. The number of amides is 1. The summed E-state index contributed by atoms with van der Waals surface area (Å²) in [5.74, 6) is 6.39. The van der Waals surface area contributed by atoms with Crippen LogP contribution in [0.3, 0.4) is 0 Å². The van der Waals surface area contributed by atoms with Crippen molar-refractivity contribution in [2.75, 3.05) is 6.54 Å². The van der Waals surface area contributed by atoms with Crippen molar-refractivity contribution in [2.24, 2.45) is 52.3 Å². The number of fused-ring (bicyclic) bond motifs is 5. The second-order valence-corrected chi connectivity index (χ2v) is 15.7. The number of carbonyl (C=O) groups is 1. The number of nitrogens with zero attached hydrogens (tertiary/aromatic N) is 1. The minimum atomic E-state index is 0.153. The van der Waals surface area contributed by atoms with Gasteiger partial charge in [0, 0.05) is 12.1 Å². The number of benzene rings is 1. The molecular weight excluding hydrogens is 474 g/mol. The summed E-state index contributed by atoms with van der Waals surface area (Å²) in [7, 11) is 0. The first-order valence-electron chi connectivity index (χ1n) is 16.7. The molecule has 0 N–H and O–H groups in total. The number of carbonyl (C=O) groups excluding carboxylic acids is 1. The van der Waals surface area contributed by atoms with E-state index in [9.17, 15) is 4.79 Å². The van der Waals surface area contributed by atoms with Gasteiger partial charge >= 0.3 is 0 Å². The maximum atomic E-state index is 13.7. The lowest BCUT2D eigenvalue weighted by atomic mass is 9.44. The smallest absolute Gasteiger partial charge is 0.250 e. The second kappa shape index (κ2) is 10.4. The van der Waals surface area contributed by atoms with Crippen LogP contribution < -0.4 is 0 Å². The lowest BCUT2D eigenvalue weighted by molar-refractivity contribution is -0.128. The zero-order chi connectivity index (χ0) is 27.5. The summed E-state index contributed by atoms with van der Waals surface area (Å²) in [5, 5.41) is 0. The average Bonchev–Trinajstić information content (AvgIpc) is 3.43. The Morgan fingerprint density at radius 1 is 0.897 bits per heavy atom. The van der Waals surface area contributed by atoms with E-state index >= 15 is 0 Å². The van der Waals surface area contributed by atoms with Gasteiger partial charge in [0.05, 0.1) is 6.04 Å². The zero-order valence-electron chi connectivity index (χ0n) is 25.8. The van der Waals surface area contributed by atoms with Crippen LogP contribution in [-0.4, -0.2) is 17.4 Å². The fourth-order valence-electron chi connectivity index (χ4n) is 11.2. The molecule has 1 aromatic rings. The normalized spacial score (nSPS) is 39.3. The molecule has 39 heavy (non-hydrogen) atoms. The molecule has 4 aliphatic carbocycles. The van der Waals surface area contributed by atoms with Gasteiger partial charge in [-0.05, 0) is 122 Å². The van der Waals surface area contributed by atoms with E-state index in [1.54, 1.807) is 0 Å². The maximum absolute atomic E-state index is 13.7. The Kier molecular flexibility index (Phi) is 7.33. The molecule has 2 heteroatoms. The van der Waals surface area contributed by atoms with Crippen molar-refractivity contribution in [1.29, 1.82) is 0 Å². The van der Waals surface area contributed by atoms with Crippen LogP contribution >= 0.6 is 0 Å². The van der Waals surface area contributed by atoms with Gasteiger partial charge in [-0.15, -0.1) is 0 Å². The molecule has 0 radical (unpaired) electrons. The third kappa shape index (κ3) is 4.55. The fraction of sp³-hybridized carbons (Fsp3) is 0.757. The first-order chi connectivity index (χ1) is 18.6. The third-order valence-electron chi connectivity index (χ3n) is 13.4. The van der Waals surface area contributed by atoms with Gasteiger partial charge in [-0.3, -0.25) is 4.79 Å². The first-order valence-corrected chi connectivity index (χ1v) is 16.7. The van der Waals surface area contributed by atoms with E-state index in [2.05, 4.69) is 76.8 Å². The molecule has 6 rings (SSSR count). The topological polar surface area (TPSA) is 20.3 Å². The Hall–Kier alpha value is -1.57. The summed E-state index contributed by atoms with van der Waals surface area (Å²) in [6.45, 7) is 15.8. The van der Waals surface area contributed by atoms with E-state index in [4.69, 9.17) is 0 Å². The average molecular weight is 530 g/mol. The van der Waals surface area contributed by atoms with Crippen LogP contribution in [0.25, 0.3) is 0 Å². The Morgan fingerprint density at radius 3 is 2.38 bits per heavy atom. The first kappa shape index (κ1) is 27.6. The van der Waals surface area contributed by atoms with E-state index in [0.29, 0.717) is 22.7 Å². The van der Waals surface area contributed by atoms with Gasteiger partial charge in [0.25, 0.3) is 5.91 Å². The maximum Gasteiger partial charge on any atom is 0.250 e.